The Morgan fingerprint density at radius 1 is 1.32 bits per heavy atom. The molecule has 1 amide bonds. The molecule has 0 aliphatic heterocycles. The zero-order chi connectivity index (χ0) is 15.9. The summed E-state index contributed by atoms with van der Waals surface area (Å²) in [5.41, 5.74) is 1.86. The highest BCUT2D eigenvalue weighted by Crippen LogP contribution is 2.19. The van der Waals surface area contributed by atoms with E-state index < -0.39 is 6.10 Å². The normalized spacial score (nSPS) is 12.4. The van der Waals surface area contributed by atoms with Crippen LogP contribution >= 0.6 is 11.3 Å². The van der Waals surface area contributed by atoms with Crippen LogP contribution in [-0.4, -0.2) is 28.6 Å². The van der Waals surface area contributed by atoms with E-state index in [1.54, 1.807) is 11.3 Å². The number of hydrogen-bond acceptors (Lipinski definition) is 4. The van der Waals surface area contributed by atoms with Crippen molar-refractivity contribution >= 4 is 17.2 Å². The molecule has 0 spiro atoms. The summed E-state index contributed by atoms with van der Waals surface area (Å²) in [5, 5.41) is 15.7. The summed E-state index contributed by atoms with van der Waals surface area (Å²) in [5.74, 6) is 0.280. The SMILES string of the molecule is CC(C)c1nc(CC(=O)NCC(O)Cc2ccccc2)cs1. The van der Waals surface area contributed by atoms with Crippen molar-refractivity contribution in [2.24, 2.45) is 0 Å². The number of benzene rings is 1. The Morgan fingerprint density at radius 3 is 2.68 bits per heavy atom. The Morgan fingerprint density at radius 2 is 2.05 bits per heavy atom. The van der Waals surface area contributed by atoms with Crippen molar-refractivity contribution in [3.8, 4) is 0 Å². The van der Waals surface area contributed by atoms with Crippen molar-refractivity contribution < 1.29 is 9.90 Å². The summed E-state index contributed by atoms with van der Waals surface area (Å²) < 4.78 is 0. The fourth-order valence-electron chi connectivity index (χ4n) is 2.09. The average Bonchev–Trinajstić information content (AvgIpc) is 2.95. The molecule has 0 saturated carbocycles. The van der Waals surface area contributed by atoms with Crippen LogP contribution in [0.1, 0.15) is 36.0 Å². The molecule has 0 bridgehead atoms. The Bertz CT molecular complexity index is 596. The molecule has 0 saturated heterocycles. The van der Waals surface area contributed by atoms with Crippen molar-refractivity contribution in [1.82, 2.24) is 10.3 Å². The van der Waals surface area contributed by atoms with E-state index in [0.717, 1.165) is 16.3 Å². The third-order valence-electron chi connectivity index (χ3n) is 3.25. The van der Waals surface area contributed by atoms with E-state index in [1.165, 1.54) is 0 Å². The van der Waals surface area contributed by atoms with Gasteiger partial charge in [0, 0.05) is 24.3 Å². The number of aliphatic hydroxyl groups excluding tert-OH is 1. The third-order valence-corrected chi connectivity index (χ3v) is 4.45. The highest BCUT2D eigenvalue weighted by Gasteiger charge is 2.11. The van der Waals surface area contributed by atoms with Gasteiger partial charge >= 0.3 is 0 Å². The minimum Gasteiger partial charge on any atom is -0.391 e. The van der Waals surface area contributed by atoms with Crippen molar-refractivity contribution in [1.29, 1.82) is 0 Å². The van der Waals surface area contributed by atoms with Gasteiger partial charge in [0.2, 0.25) is 5.91 Å². The van der Waals surface area contributed by atoms with Crippen LogP contribution in [0.5, 0.6) is 0 Å². The maximum Gasteiger partial charge on any atom is 0.226 e. The molecular weight excluding hydrogens is 296 g/mol. The molecule has 118 valence electrons. The van der Waals surface area contributed by atoms with Crippen molar-refractivity contribution in [2.75, 3.05) is 6.54 Å². The van der Waals surface area contributed by atoms with Gasteiger partial charge in [-0.15, -0.1) is 11.3 Å². The number of nitrogens with one attached hydrogen (secondary N) is 1. The number of carbonyl (C=O) groups excluding carboxylic acids is 1. The van der Waals surface area contributed by atoms with E-state index in [0.29, 0.717) is 12.3 Å². The molecule has 1 atom stereocenters. The molecule has 1 unspecified atom stereocenters. The highest BCUT2D eigenvalue weighted by molar-refractivity contribution is 7.09. The predicted octanol–water partition coefficient (Wildman–Crippen LogP) is 2.53. The number of hydrogen-bond donors (Lipinski definition) is 2. The van der Waals surface area contributed by atoms with Gasteiger partial charge in [0.25, 0.3) is 0 Å². The predicted molar refractivity (Wildman–Crippen MR) is 89.1 cm³/mol. The molecule has 1 aromatic heterocycles. The van der Waals surface area contributed by atoms with Gasteiger partial charge in [0.15, 0.2) is 0 Å². The maximum atomic E-state index is 11.9. The van der Waals surface area contributed by atoms with Crippen LogP contribution in [0.15, 0.2) is 35.7 Å². The van der Waals surface area contributed by atoms with Crippen molar-refractivity contribution in [3.63, 3.8) is 0 Å². The van der Waals surface area contributed by atoms with Crippen LogP contribution in [0.3, 0.4) is 0 Å². The molecule has 0 radical (unpaired) electrons. The fraction of sp³-hybridized carbons (Fsp3) is 0.412. The molecule has 0 aliphatic rings. The van der Waals surface area contributed by atoms with Crippen LogP contribution in [0.25, 0.3) is 0 Å². The number of rotatable bonds is 7. The smallest absolute Gasteiger partial charge is 0.226 e. The maximum absolute atomic E-state index is 11.9. The lowest BCUT2D eigenvalue weighted by Gasteiger charge is -2.11. The lowest BCUT2D eigenvalue weighted by Crippen LogP contribution is -2.34. The van der Waals surface area contributed by atoms with Gasteiger partial charge in [-0.25, -0.2) is 4.98 Å². The third kappa shape index (κ3) is 5.24. The van der Waals surface area contributed by atoms with Crippen molar-refractivity contribution in [2.45, 2.75) is 38.7 Å². The van der Waals surface area contributed by atoms with Crippen LogP contribution in [0.2, 0.25) is 0 Å². The van der Waals surface area contributed by atoms with E-state index in [1.807, 2.05) is 35.7 Å². The Hall–Kier alpha value is -1.72. The zero-order valence-electron chi connectivity index (χ0n) is 13.0. The average molecular weight is 318 g/mol. The van der Waals surface area contributed by atoms with Gasteiger partial charge in [-0.2, -0.15) is 0 Å². The number of aromatic nitrogens is 1. The van der Waals surface area contributed by atoms with Gasteiger partial charge in [-0.1, -0.05) is 44.2 Å². The molecule has 22 heavy (non-hydrogen) atoms. The van der Waals surface area contributed by atoms with Crippen LogP contribution in [0, 0.1) is 0 Å². The van der Waals surface area contributed by atoms with Crippen LogP contribution < -0.4 is 5.32 Å². The lowest BCUT2D eigenvalue weighted by atomic mass is 10.1. The lowest BCUT2D eigenvalue weighted by molar-refractivity contribution is -0.120. The first kappa shape index (κ1) is 16.6. The Labute approximate surface area is 135 Å². The van der Waals surface area contributed by atoms with Crippen LogP contribution in [-0.2, 0) is 17.6 Å². The van der Waals surface area contributed by atoms with Gasteiger partial charge in [0.05, 0.1) is 23.2 Å². The molecule has 1 aromatic carbocycles. The standard InChI is InChI=1S/C17H22N2O2S/c1-12(2)17-19-14(11-22-17)9-16(21)18-10-15(20)8-13-6-4-3-5-7-13/h3-7,11-12,15,20H,8-10H2,1-2H3,(H,18,21). The minimum atomic E-state index is -0.576. The summed E-state index contributed by atoms with van der Waals surface area (Å²) in [4.78, 5) is 16.3. The van der Waals surface area contributed by atoms with Gasteiger partial charge in [-0.05, 0) is 5.56 Å². The Balaban J connectivity index is 1.75. The van der Waals surface area contributed by atoms with E-state index in [9.17, 15) is 9.90 Å². The van der Waals surface area contributed by atoms with Crippen molar-refractivity contribution in [3.05, 3.63) is 52.0 Å². The van der Waals surface area contributed by atoms with E-state index >= 15 is 0 Å². The summed E-state index contributed by atoms with van der Waals surface area (Å²) in [6, 6.07) is 9.75. The number of amides is 1. The monoisotopic (exact) mass is 318 g/mol. The second-order valence-corrected chi connectivity index (χ2v) is 6.55. The first-order valence-corrected chi connectivity index (χ1v) is 8.35. The number of thiazole rings is 1. The topological polar surface area (TPSA) is 62.2 Å². The zero-order valence-corrected chi connectivity index (χ0v) is 13.8. The molecule has 0 fully saturated rings. The number of nitrogens with zero attached hydrogens (tertiary/aromatic N) is 1. The van der Waals surface area contributed by atoms with Gasteiger partial charge in [0.1, 0.15) is 0 Å². The summed E-state index contributed by atoms with van der Waals surface area (Å²) >= 11 is 1.59. The molecule has 5 heteroatoms. The summed E-state index contributed by atoms with van der Waals surface area (Å²) in [6.45, 7) is 4.43. The summed E-state index contributed by atoms with van der Waals surface area (Å²) in [6.07, 6.45) is 0.226. The van der Waals surface area contributed by atoms with E-state index in [2.05, 4.69) is 24.1 Å². The summed E-state index contributed by atoms with van der Waals surface area (Å²) in [7, 11) is 0. The molecule has 1 heterocycles. The van der Waals surface area contributed by atoms with Gasteiger partial charge in [-0.3, -0.25) is 4.79 Å². The number of carbonyl (C=O) groups is 1. The number of aliphatic hydroxyl groups is 1. The minimum absolute atomic E-state index is 0.104. The molecule has 2 aromatic rings. The second-order valence-electron chi connectivity index (χ2n) is 5.66. The quantitative estimate of drug-likeness (QED) is 0.824. The van der Waals surface area contributed by atoms with Gasteiger partial charge < -0.3 is 10.4 Å². The molecule has 2 N–H and O–H groups in total. The first-order valence-electron chi connectivity index (χ1n) is 7.47. The molecule has 4 nitrogen and oxygen atoms in total. The van der Waals surface area contributed by atoms with E-state index in [-0.39, 0.29) is 18.9 Å². The Kier molecular flexibility index (Phi) is 6.10. The highest BCUT2D eigenvalue weighted by atomic mass is 32.1. The largest absolute Gasteiger partial charge is 0.391 e. The molecule has 0 aliphatic carbocycles. The van der Waals surface area contributed by atoms with E-state index in [4.69, 9.17) is 0 Å². The molecule has 2 rings (SSSR count). The second kappa shape index (κ2) is 8.06. The first-order chi connectivity index (χ1) is 10.5. The fourth-order valence-corrected chi connectivity index (χ4v) is 2.92. The molecular formula is C17H22N2O2S. The van der Waals surface area contributed by atoms with Crippen LogP contribution in [0.4, 0.5) is 0 Å².